The lowest BCUT2D eigenvalue weighted by atomic mass is 9.87. The molecule has 0 fully saturated rings. The van der Waals surface area contributed by atoms with Crippen LogP contribution in [-0.2, 0) is 6.42 Å². The van der Waals surface area contributed by atoms with Crippen molar-refractivity contribution in [3.8, 4) is 5.75 Å². The molecule has 3 heteroatoms. The van der Waals surface area contributed by atoms with E-state index in [2.05, 4.69) is 0 Å². The minimum absolute atomic E-state index is 0.612. The Morgan fingerprint density at radius 2 is 2.14 bits per heavy atom. The molecule has 0 amide bonds. The first-order valence-corrected chi connectivity index (χ1v) is 4.75. The van der Waals surface area contributed by atoms with Crippen LogP contribution in [0.2, 0.25) is 0 Å². The summed E-state index contributed by atoms with van der Waals surface area (Å²) in [5, 5.41) is 19.2. The Labute approximate surface area is 83.0 Å². The molecule has 1 aromatic rings. The van der Waals surface area contributed by atoms with Crippen LogP contribution in [0, 0.1) is 0 Å². The highest BCUT2D eigenvalue weighted by molar-refractivity contribution is 5.39. The molecular weight excluding hydrogens is 180 g/mol. The van der Waals surface area contributed by atoms with Crippen molar-refractivity contribution in [2.45, 2.75) is 25.0 Å². The number of fused-ring (bicyclic) bond motifs is 1. The number of aliphatic hydroxyl groups excluding tert-OH is 2. The van der Waals surface area contributed by atoms with Crippen molar-refractivity contribution in [2.75, 3.05) is 7.11 Å². The first-order chi connectivity index (χ1) is 6.72. The third-order valence-corrected chi connectivity index (χ3v) is 2.74. The molecule has 0 aromatic heterocycles. The van der Waals surface area contributed by atoms with Crippen molar-refractivity contribution in [3.63, 3.8) is 0 Å². The highest BCUT2D eigenvalue weighted by Crippen LogP contribution is 2.32. The van der Waals surface area contributed by atoms with E-state index >= 15 is 0 Å². The summed E-state index contributed by atoms with van der Waals surface area (Å²) in [5.74, 6) is 0.798. The summed E-state index contributed by atoms with van der Waals surface area (Å²) >= 11 is 0. The summed E-state index contributed by atoms with van der Waals surface area (Å²) in [7, 11) is 1.62. The fourth-order valence-electron chi connectivity index (χ4n) is 1.88. The molecule has 2 N–H and O–H groups in total. The van der Waals surface area contributed by atoms with Gasteiger partial charge >= 0.3 is 0 Å². The standard InChI is InChI=1S/C11H14O3/c1-14-8-3-4-9-7(6-8)2-5-10(12)11(9)13/h3-4,6,10-13H,2,5H2,1H3/t10-,11-/m1/s1. The number of hydrogen-bond donors (Lipinski definition) is 2. The van der Waals surface area contributed by atoms with E-state index in [4.69, 9.17) is 4.74 Å². The minimum atomic E-state index is -0.746. The van der Waals surface area contributed by atoms with Crippen LogP contribution in [0.15, 0.2) is 18.2 Å². The quantitative estimate of drug-likeness (QED) is 0.702. The second-order valence-corrected chi connectivity index (χ2v) is 3.62. The second-order valence-electron chi connectivity index (χ2n) is 3.62. The van der Waals surface area contributed by atoms with Gasteiger partial charge in [0.05, 0.1) is 13.2 Å². The van der Waals surface area contributed by atoms with Gasteiger partial charge in [-0.15, -0.1) is 0 Å². The van der Waals surface area contributed by atoms with E-state index in [1.807, 2.05) is 12.1 Å². The summed E-state index contributed by atoms with van der Waals surface area (Å²) in [6.45, 7) is 0. The SMILES string of the molecule is COc1ccc2c(c1)CC[C@@H](O)[C@@H]2O. The molecule has 1 aliphatic rings. The van der Waals surface area contributed by atoms with E-state index in [0.29, 0.717) is 6.42 Å². The van der Waals surface area contributed by atoms with Crippen molar-refractivity contribution in [2.24, 2.45) is 0 Å². The van der Waals surface area contributed by atoms with Crippen molar-refractivity contribution in [1.82, 2.24) is 0 Å². The Morgan fingerprint density at radius 3 is 2.86 bits per heavy atom. The molecule has 2 atom stereocenters. The molecule has 1 aromatic carbocycles. The Hall–Kier alpha value is -1.06. The van der Waals surface area contributed by atoms with Gasteiger partial charge in [-0.2, -0.15) is 0 Å². The van der Waals surface area contributed by atoms with Gasteiger partial charge in [-0.25, -0.2) is 0 Å². The lowest BCUT2D eigenvalue weighted by Gasteiger charge is -2.26. The van der Waals surface area contributed by atoms with Gasteiger partial charge in [0.15, 0.2) is 0 Å². The summed E-state index contributed by atoms with van der Waals surface area (Å²) in [6.07, 6.45) is 0.0343. The van der Waals surface area contributed by atoms with E-state index in [1.165, 1.54) is 0 Å². The molecule has 0 unspecified atom stereocenters. The van der Waals surface area contributed by atoms with Crippen molar-refractivity contribution in [1.29, 1.82) is 0 Å². The largest absolute Gasteiger partial charge is 0.497 e. The smallest absolute Gasteiger partial charge is 0.119 e. The normalized spacial score (nSPS) is 25.6. The van der Waals surface area contributed by atoms with Gasteiger partial charge in [-0.05, 0) is 36.1 Å². The molecule has 0 heterocycles. The van der Waals surface area contributed by atoms with Crippen LogP contribution in [0.4, 0.5) is 0 Å². The van der Waals surface area contributed by atoms with Gasteiger partial charge in [-0.1, -0.05) is 6.07 Å². The van der Waals surface area contributed by atoms with E-state index < -0.39 is 12.2 Å². The number of rotatable bonds is 1. The number of ether oxygens (including phenoxy) is 1. The molecule has 3 nitrogen and oxygen atoms in total. The third kappa shape index (κ3) is 1.49. The maximum Gasteiger partial charge on any atom is 0.119 e. The molecule has 0 bridgehead atoms. The minimum Gasteiger partial charge on any atom is -0.497 e. The zero-order valence-corrected chi connectivity index (χ0v) is 8.10. The van der Waals surface area contributed by atoms with Crippen molar-refractivity contribution in [3.05, 3.63) is 29.3 Å². The number of methoxy groups -OCH3 is 1. The van der Waals surface area contributed by atoms with E-state index in [9.17, 15) is 10.2 Å². The predicted octanol–water partition coefficient (Wildman–Crippen LogP) is 1.04. The Morgan fingerprint density at radius 1 is 1.36 bits per heavy atom. The number of benzene rings is 1. The van der Waals surface area contributed by atoms with Gasteiger partial charge < -0.3 is 14.9 Å². The maximum atomic E-state index is 9.70. The summed E-state index contributed by atoms with van der Waals surface area (Å²) in [4.78, 5) is 0. The average Bonchev–Trinajstić information content (AvgIpc) is 2.23. The fourth-order valence-corrected chi connectivity index (χ4v) is 1.88. The van der Waals surface area contributed by atoms with Gasteiger partial charge in [0.1, 0.15) is 11.9 Å². The Kier molecular flexibility index (Phi) is 2.44. The van der Waals surface area contributed by atoms with E-state index in [0.717, 1.165) is 23.3 Å². The molecule has 0 saturated carbocycles. The van der Waals surface area contributed by atoms with Crippen LogP contribution in [0.25, 0.3) is 0 Å². The zero-order valence-electron chi connectivity index (χ0n) is 8.10. The molecule has 76 valence electrons. The lowest BCUT2D eigenvalue weighted by molar-refractivity contribution is 0.00644. The highest BCUT2D eigenvalue weighted by Gasteiger charge is 2.26. The van der Waals surface area contributed by atoms with E-state index in [1.54, 1.807) is 13.2 Å². The summed E-state index contributed by atoms with van der Waals surface area (Å²) in [5.41, 5.74) is 1.90. The molecule has 0 radical (unpaired) electrons. The number of aliphatic hydroxyl groups is 2. The molecule has 0 spiro atoms. The second kappa shape index (κ2) is 3.59. The van der Waals surface area contributed by atoms with Crippen LogP contribution >= 0.6 is 0 Å². The van der Waals surface area contributed by atoms with Crippen molar-refractivity contribution < 1.29 is 14.9 Å². The monoisotopic (exact) mass is 194 g/mol. The Balaban J connectivity index is 2.38. The number of aryl methyl sites for hydroxylation is 1. The molecule has 0 aliphatic heterocycles. The van der Waals surface area contributed by atoms with Crippen LogP contribution in [0.5, 0.6) is 5.75 Å². The summed E-state index contributed by atoms with van der Waals surface area (Å²) in [6, 6.07) is 5.55. The first kappa shape index (κ1) is 9.49. The van der Waals surface area contributed by atoms with Gasteiger partial charge in [0, 0.05) is 0 Å². The van der Waals surface area contributed by atoms with Crippen LogP contribution < -0.4 is 4.74 Å². The molecule has 0 saturated heterocycles. The molecular formula is C11H14O3. The average molecular weight is 194 g/mol. The van der Waals surface area contributed by atoms with Gasteiger partial charge in [-0.3, -0.25) is 0 Å². The first-order valence-electron chi connectivity index (χ1n) is 4.75. The van der Waals surface area contributed by atoms with Gasteiger partial charge in [0.2, 0.25) is 0 Å². The molecule has 14 heavy (non-hydrogen) atoms. The predicted molar refractivity (Wildman–Crippen MR) is 52.3 cm³/mol. The maximum absolute atomic E-state index is 9.70. The van der Waals surface area contributed by atoms with Gasteiger partial charge in [0.25, 0.3) is 0 Å². The molecule has 1 aliphatic carbocycles. The van der Waals surface area contributed by atoms with Crippen LogP contribution in [0.3, 0.4) is 0 Å². The summed E-state index contributed by atoms with van der Waals surface area (Å²) < 4.78 is 5.10. The topological polar surface area (TPSA) is 49.7 Å². The molecule has 2 rings (SSSR count). The van der Waals surface area contributed by atoms with Crippen LogP contribution in [0.1, 0.15) is 23.7 Å². The van der Waals surface area contributed by atoms with E-state index in [-0.39, 0.29) is 0 Å². The Bertz CT molecular complexity index is 335. The zero-order chi connectivity index (χ0) is 10.1. The fraction of sp³-hybridized carbons (Fsp3) is 0.455. The highest BCUT2D eigenvalue weighted by atomic mass is 16.5. The van der Waals surface area contributed by atoms with Crippen molar-refractivity contribution >= 4 is 0 Å². The third-order valence-electron chi connectivity index (χ3n) is 2.74. The van der Waals surface area contributed by atoms with Crippen LogP contribution in [-0.4, -0.2) is 23.4 Å². The lowest BCUT2D eigenvalue weighted by Crippen LogP contribution is -2.24. The number of hydrogen-bond acceptors (Lipinski definition) is 3.